The zero-order valence-corrected chi connectivity index (χ0v) is 24.5. The second kappa shape index (κ2) is 13.9. The van der Waals surface area contributed by atoms with Crippen molar-refractivity contribution in [1.29, 1.82) is 0 Å². The SMILES string of the molecule is CCOc1cncc(-c2ccccc2CCC(=O)N2CCN(c3ccc(C(=O)NS(=O)(=O)CCC(F)(F)F)cc3)CC2)c1. The summed E-state index contributed by atoms with van der Waals surface area (Å²) >= 11 is 0. The van der Waals surface area contributed by atoms with Gasteiger partial charge in [-0.25, -0.2) is 13.1 Å². The molecule has 2 aromatic carbocycles. The molecular weight excluding hydrogens is 585 g/mol. The van der Waals surface area contributed by atoms with Crippen molar-refractivity contribution in [2.75, 3.05) is 43.4 Å². The lowest BCUT2D eigenvalue weighted by Gasteiger charge is -2.36. The van der Waals surface area contributed by atoms with E-state index in [9.17, 15) is 31.2 Å². The number of carbonyl (C=O) groups is 2. The average Bonchev–Trinajstić information content (AvgIpc) is 2.99. The predicted octanol–water partition coefficient (Wildman–Crippen LogP) is 4.44. The van der Waals surface area contributed by atoms with Crippen LogP contribution in [0, 0.1) is 0 Å². The Bertz CT molecular complexity index is 1520. The molecule has 4 rings (SSSR count). The van der Waals surface area contributed by atoms with Crippen molar-refractivity contribution in [3.05, 3.63) is 78.1 Å². The number of nitrogens with zero attached hydrogens (tertiary/aromatic N) is 3. The second-order valence-corrected chi connectivity index (χ2v) is 11.9. The third kappa shape index (κ3) is 9.18. The second-order valence-electron chi connectivity index (χ2n) is 10.0. The molecule has 1 fully saturated rings. The van der Waals surface area contributed by atoms with Gasteiger partial charge in [0, 0.05) is 55.6 Å². The summed E-state index contributed by atoms with van der Waals surface area (Å²) in [6.45, 7) is 4.61. The molecule has 2 heterocycles. The molecule has 2 amide bonds. The summed E-state index contributed by atoms with van der Waals surface area (Å²) in [5.41, 5.74) is 3.76. The minimum absolute atomic E-state index is 0.00817. The molecule has 0 spiro atoms. The number of nitrogens with one attached hydrogen (secondary N) is 1. The maximum absolute atomic E-state index is 13.1. The topological polar surface area (TPSA) is 109 Å². The fraction of sp³-hybridized carbons (Fsp3) is 0.367. The van der Waals surface area contributed by atoms with E-state index in [2.05, 4.69) is 4.98 Å². The van der Waals surface area contributed by atoms with Gasteiger partial charge in [0.05, 0.1) is 25.0 Å². The van der Waals surface area contributed by atoms with Crippen LogP contribution in [-0.2, 0) is 21.2 Å². The van der Waals surface area contributed by atoms with Crippen LogP contribution in [0.25, 0.3) is 11.1 Å². The number of benzene rings is 2. The maximum atomic E-state index is 13.1. The number of piperazine rings is 1. The zero-order chi connectivity index (χ0) is 31.0. The van der Waals surface area contributed by atoms with Gasteiger partial charge in [-0.1, -0.05) is 24.3 Å². The summed E-state index contributed by atoms with van der Waals surface area (Å²) in [6.07, 6.45) is -1.81. The van der Waals surface area contributed by atoms with Crippen LogP contribution in [0.3, 0.4) is 0 Å². The molecule has 0 atom stereocenters. The fourth-order valence-corrected chi connectivity index (χ4v) is 5.77. The lowest BCUT2D eigenvalue weighted by Crippen LogP contribution is -2.48. The van der Waals surface area contributed by atoms with Gasteiger partial charge in [0.25, 0.3) is 5.91 Å². The van der Waals surface area contributed by atoms with Crippen LogP contribution in [0.15, 0.2) is 67.0 Å². The van der Waals surface area contributed by atoms with Gasteiger partial charge in [0.15, 0.2) is 0 Å². The van der Waals surface area contributed by atoms with Crippen LogP contribution < -0.4 is 14.4 Å². The molecule has 0 aliphatic carbocycles. The lowest BCUT2D eigenvalue weighted by atomic mass is 9.97. The maximum Gasteiger partial charge on any atom is 0.390 e. The Labute approximate surface area is 248 Å². The number of carbonyl (C=O) groups excluding carboxylic acids is 2. The predicted molar refractivity (Wildman–Crippen MR) is 156 cm³/mol. The quantitative estimate of drug-likeness (QED) is 0.339. The number of aryl methyl sites for hydroxylation is 1. The normalized spacial score (nSPS) is 14.0. The number of anilines is 1. The molecule has 1 aromatic heterocycles. The summed E-state index contributed by atoms with van der Waals surface area (Å²) < 4.78 is 67.9. The van der Waals surface area contributed by atoms with E-state index in [1.54, 1.807) is 29.2 Å². The van der Waals surface area contributed by atoms with Crippen LogP contribution in [-0.4, -0.2) is 74.8 Å². The van der Waals surface area contributed by atoms with Crippen molar-refractivity contribution in [2.45, 2.75) is 32.4 Å². The first-order chi connectivity index (χ1) is 20.4. The van der Waals surface area contributed by atoms with Crippen molar-refractivity contribution >= 4 is 27.5 Å². The first-order valence-electron chi connectivity index (χ1n) is 13.8. The Morgan fingerprint density at radius 2 is 1.70 bits per heavy atom. The Morgan fingerprint density at radius 1 is 1.00 bits per heavy atom. The molecule has 0 radical (unpaired) electrons. The zero-order valence-electron chi connectivity index (χ0n) is 23.6. The van der Waals surface area contributed by atoms with E-state index in [4.69, 9.17) is 4.74 Å². The summed E-state index contributed by atoms with van der Waals surface area (Å²) in [7, 11) is -4.43. The molecule has 0 bridgehead atoms. The van der Waals surface area contributed by atoms with Gasteiger partial charge in [0.1, 0.15) is 5.75 Å². The van der Waals surface area contributed by atoms with Gasteiger partial charge >= 0.3 is 6.18 Å². The smallest absolute Gasteiger partial charge is 0.390 e. The van der Waals surface area contributed by atoms with E-state index < -0.39 is 34.3 Å². The fourth-order valence-electron chi connectivity index (χ4n) is 4.77. The third-order valence-electron chi connectivity index (χ3n) is 6.99. The van der Waals surface area contributed by atoms with Gasteiger partial charge in [-0.3, -0.25) is 14.6 Å². The molecule has 13 heteroatoms. The minimum Gasteiger partial charge on any atom is -0.492 e. The first kappa shape index (κ1) is 31.8. The van der Waals surface area contributed by atoms with Crippen LogP contribution in [0.2, 0.25) is 0 Å². The van der Waals surface area contributed by atoms with E-state index in [1.165, 1.54) is 12.1 Å². The van der Waals surface area contributed by atoms with Crippen LogP contribution in [0.4, 0.5) is 18.9 Å². The Morgan fingerprint density at radius 3 is 2.37 bits per heavy atom. The number of rotatable bonds is 11. The van der Waals surface area contributed by atoms with Crippen molar-refractivity contribution in [3.8, 4) is 16.9 Å². The molecular formula is C30H33F3N4O5S. The first-order valence-corrected chi connectivity index (χ1v) is 15.5. The van der Waals surface area contributed by atoms with Gasteiger partial charge in [-0.2, -0.15) is 13.2 Å². The number of pyridine rings is 1. The number of halogens is 3. The largest absolute Gasteiger partial charge is 0.492 e. The number of amides is 2. The molecule has 1 aliphatic rings. The van der Waals surface area contributed by atoms with Gasteiger partial charge in [0.2, 0.25) is 15.9 Å². The Balaban J connectivity index is 1.28. The lowest BCUT2D eigenvalue weighted by molar-refractivity contribution is -0.131. The Hall–Kier alpha value is -4.13. The van der Waals surface area contributed by atoms with Gasteiger partial charge in [-0.05, 0) is 54.8 Å². The van der Waals surface area contributed by atoms with E-state index in [0.717, 1.165) is 22.4 Å². The van der Waals surface area contributed by atoms with E-state index >= 15 is 0 Å². The number of alkyl halides is 3. The third-order valence-corrected chi connectivity index (χ3v) is 8.23. The standard InChI is InChI=1S/C30H33F3N4O5S/c1-2-42-26-19-24(20-34-21-26)27-6-4-3-5-22(27)9-12-28(38)37-16-14-36(15-17-37)25-10-7-23(8-11-25)29(39)35-43(40,41)18-13-30(31,32)33/h3-8,10-11,19-21H,2,9,12-18H2,1H3,(H,35,39). The van der Waals surface area contributed by atoms with E-state index in [1.807, 2.05) is 47.1 Å². The van der Waals surface area contributed by atoms with Crippen LogP contribution in [0.5, 0.6) is 5.75 Å². The monoisotopic (exact) mass is 618 g/mol. The summed E-state index contributed by atoms with van der Waals surface area (Å²) in [5, 5.41) is 0. The van der Waals surface area contributed by atoms with E-state index in [0.29, 0.717) is 51.4 Å². The van der Waals surface area contributed by atoms with Crippen molar-refractivity contribution in [3.63, 3.8) is 0 Å². The number of hydrogen-bond acceptors (Lipinski definition) is 7. The van der Waals surface area contributed by atoms with Gasteiger partial charge in [-0.15, -0.1) is 0 Å². The molecule has 3 aromatic rings. The summed E-state index contributed by atoms with van der Waals surface area (Å²) in [5.74, 6) is -1.48. The molecule has 230 valence electrons. The van der Waals surface area contributed by atoms with Crippen molar-refractivity contribution < 1.29 is 35.9 Å². The number of sulfonamides is 1. The average molecular weight is 619 g/mol. The molecule has 9 nitrogen and oxygen atoms in total. The van der Waals surface area contributed by atoms with Crippen LogP contribution >= 0.6 is 0 Å². The van der Waals surface area contributed by atoms with Crippen molar-refractivity contribution in [1.82, 2.24) is 14.6 Å². The van der Waals surface area contributed by atoms with Crippen LogP contribution in [0.1, 0.15) is 35.7 Å². The summed E-state index contributed by atoms with van der Waals surface area (Å²) in [6, 6.07) is 16.0. The highest BCUT2D eigenvalue weighted by molar-refractivity contribution is 7.90. The molecule has 0 saturated carbocycles. The molecule has 1 N–H and O–H groups in total. The van der Waals surface area contributed by atoms with Crippen molar-refractivity contribution in [2.24, 2.45) is 0 Å². The molecule has 1 saturated heterocycles. The highest BCUT2D eigenvalue weighted by atomic mass is 32.2. The Kier molecular flexibility index (Phi) is 10.3. The van der Waals surface area contributed by atoms with Gasteiger partial charge < -0.3 is 14.5 Å². The number of hydrogen-bond donors (Lipinski definition) is 1. The highest BCUT2D eigenvalue weighted by Gasteiger charge is 2.30. The minimum atomic E-state index is -4.64. The summed E-state index contributed by atoms with van der Waals surface area (Å²) in [4.78, 5) is 33.5. The highest BCUT2D eigenvalue weighted by Crippen LogP contribution is 2.27. The number of aromatic nitrogens is 1. The molecule has 43 heavy (non-hydrogen) atoms. The molecule has 0 unspecified atom stereocenters. The number of ether oxygens (including phenoxy) is 1. The van der Waals surface area contributed by atoms with E-state index in [-0.39, 0.29) is 11.5 Å². The molecule has 1 aliphatic heterocycles.